The molecule has 1 aliphatic rings. The second kappa shape index (κ2) is 8.33. The van der Waals surface area contributed by atoms with Crippen molar-refractivity contribution < 1.29 is 4.79 Å². The van der Waals surface area contributed by atoms with Crippen molar-refractivity contribution in [2.75, 3.05) is 6.54 Å². The Morgan fingerprint density at radius 1 is 1.14 bits per heavy atom. The zero-order valence-electron chi connectivity index (χ0n) is 16.2. The van der Waals surface area contributed by atoms with Crippen LogP contribution in [0.4, 0.5) is 0 Å². The first-order valence-corrected chi connectivity index (χ1v) is 9.90. The summed E-state index contributed by atoms with van der Waals surface area (Å²) in [6.07, 6.45) is 7.80. The molecule has 0 saturated carbocycles. The van der Waals surface area contributed by atoms with Gasteiger partial charge < -0.3 is 4.90 Å². The molecule has 6 nitrogen and oxygen atoms in total. The van der Waals surface area contributed by atoms with Gasteiger partial charge in [-0.25, -0.2) is 0 Å². The summed E-state index contributed by atoms with van der Waals surface area (Å²) in [5.41, 5.74) is 3.54. The molecule has 1 amide bonds. The topological polar surface area (TPSA) is 63.9 Å². The van der Waals surface area contributed by atoms with Crippen molar-refractivity contribution in [3.63, 3.8) is 0 Å². The lowest BCUT2D eigenvalue weighted by Crippen LogP contribution is -2.44. The fraction of sp³-hybridized carbons (Fsp3) is 0.364. The van der Waals surface area contributed by atoms with Crippen LogP contribution in [0.3, 0.4) is 0 Å². The molecule has 144 valence electrons. The molecule has 2 aromatic heterocycles. The van der Waals surface area contributed by atoms with Crippen molar-refractivity contribution >= 4 is 5.91 Å². The van der Waals surface area contributed by atoms with Crippen molar-refractivity contribution in [1.29, 1.82) is 0 Å². The normalized spacial score (nSPS) is 16.9. The zero-order chi connectivity index (χ0) is 19.3. The SMILES string of the molecule is Cc1ccc(C(=O)N2CCCCC2CCn2cc(-c3ccccc3)nn2)cn1. The van der Waals surface area contributed by atoms with Crippen molar-refractivity contribution in [3.05, 3.63) is 66.1 Å². The van der Waals surface area contributed by atoms with Crippen molar-refractivity contribution in [2.24, 2.45) is 0 Å². The van der Waals surface area contributed by atoms with Gasteiger partial charge in [-0.05, 0) is 44.7 Å². The number of hydrogen-bond acceptors (Lipinski definition) is 4. The number of aromatic nitrogens is 4. The Kier molecular flexibility index (Phi) is 5.46. The van der Waals surface area contributed by atoms with E-state index in [-0.39, 0.29) is 11.9 Å². The van der Waals surface area contributed by atoms with E-state index < -0.39 is 0 Å². The molecule has 0 aliphatic carbocycles. The van der Waals surface area contributed by atoms with Gasteiger partial charge in [0.25, 0.3) is 5.91 Å². The molecule has 3 heterocycles. The average molecular weight is 375 g/mol. The van der Waals surface area contributed by atoms with Crippen LogP contribution in [0.15, 0.2) is 54.9 Å². The summed E-state index contributed by atoms with van der Waals surface area (Å²) in [7, 11) is 0. The van der Waals surface area contributed by atoms with E-state index in [2.05, 4.69) is 15.3 Å². The van der Waals surface area contributed by atoms with Gasteiger partial charge in [-0.2, -0.15) is 0 Å². The fourth-order valence-electron chi connectivity index (χ4n) is 3.76. The van der Waals surface area contributed by atoms with E-state index in [0.717, 1.165) is 55.7 Å². The largest absolute Gasteiger partial charge is 0.336 e. The fourth-order valence-corrected chi connectivity index (χ4v) is 3.76. The number of pyridine rings is 1. The first-order chi connectivity index (χ1) is 13.7. The predicted molar refractivity (Wildman–Crippen MR) is 108 cm³/mol. The lowest BCUT2D eigenvalue weighted by molar-refractivity contribution is 0.0593. The quantitative estimate of drug-likeness (QED) is 0.682. The Morgan fingerprint density at radius 2 is 2.00 bits per heavy atom. The van der Waals surface area contributed by atoms with E-state index in [1.807, 2.05) is 65.2 Å². The Hall–Kier alpha value is -3.02. The van der Waals surface area contributed by atoms with Crippen LogP contribution in [0.1, 0.15) is 41.7 Å². The second-order valence-electron chi connectivity index (χ2n) is 7.36. The summed E-state index contributed by atoms with van der Waals surface area (Å²) in [6, 6.07) is 14.1. The third-order valence-corrected chi connectivity index (χ3v) is 5.35. The van der Waals surface area contributed by atoms with E-state index in [4.69, 9.17) is 0 Å². The first kappa shape index (κ1) is 18.3. The van der Waals surface area contributed by atoms with Crippen LogP contribution in [0.2, 0.25) is 0 Å². The maximum absolute atomic E-state index is 13.0. The number of likely N-dealkylation sites (tertiary alicyclic amines) is 1. The van der Waals surface area contributed by atoms with Crippen LogP contribution in [0.25, 0.3) is 11.3 Å². The molecular formula is C22H25N5O. The molecule has 0 spiro atoms. The van der Waals surface area contributed by atoms with Gasteiger partial charge in [-0.1, -0.05) is 35.5 Å². The van der Waals surface area contributed by atoms with Gasteiger partial charge in [0.05, 0.1) is 11.8 Å². The minimum Gasteiger partial charge on any atom is -0.336 e. The Bertz CT molecular complexity index is 920. The van der Waals surface area contributed by atoms with E-state index in [9.17, 15) is 4.79 Å². The number of hydrogen-bond donors (Lipinski definition) is 0. The summed E-state index contributed by atoms with van der Waals surface area (Å²) in [5, 5.41) is 8.55. The highest BCUT2D eigenvalue weighted by molar-refractivity contribution is 5.94. The molecule has 0 bridgehead atoms. The van der Waals surface area contributed by atoms with E-state index in [1.165, 1.54) is 0 Å². The third-order valence-electron chi connectivity index (χ3n) is 5.35. The van der Waals surface area contributed by atoms with Crippen LogP contribution in [-0.4, -0.2) is 43.4 Å². The molecular weight excluding hydrogens is 350 g/mol. The molecule has 1 aliphatic heterocycles. The van der Waals surface area contributed by atoms with Gasteiger partial charge in [0.1, 0.15) is 5.69 Å². The van der Waals surface area contributed by atoms with Crippen molar-refractivity contribution in [1.82, 2.24) is 24.9 Å². The predicted octanol–water partition coefficient (Wildman–Crippen LogP) is 3.73. The smallest absolute Gasteiger partial charge is 0.255 e. The highest BCUT2D eigenvalue weighted by Gasteiger charge is 2.27. The van der Waals surface area contributed by atoms with Gasteiger partial charge in [-0.3, -0.25) is 14.5 Å². The summed E-state index contributed by atoms with van der Waals surface area (Å²) in [6.45, 7) is 3.49. The molecule has 4 rings (SSSR count). The standard InChI is InChI=1S/C22H25N5O/c1-17-10-11-19(15-23-17)22(28)27-13-6-5-9-20(27)12-14-26-16-21(24-25-26)18-7-3-2-4-8-18/h2-4,7-8,10-11,15-16,20H,5-6,9,12-14H2,1H3. The Balaban J connectivity index is 1.42. The minimum atomic E-state index is 0.0840. The Morgan fingerprint density at radius 3 is 2.79 bits per heavy atom. The van der Waals surface area contributed by atoms with Crippen LogP contribution >= 0.6 is 0 Å². The number of aryl methyl sites for hydroxylation is 2. The molecule has 1 aromatic carbocycles. The van der Waals surface area contributed by atoms with Gasteiger partial charge in [0.15, 0.2) is 0 Å². The molecule has 1 fully saturated rings. The van der Waals surface area contributed by atoms with Crippen molar-refractivity contribution in [3.8, 4) is 11.3 Å². The minimum absolute atomic E-state index is 0.0840. The van der Waals surface area contributed by atoms with Crippen LogP contribution in [-0.2, 0) is 6.54 Å². The van der Waals surface area contributed by atoms with E-state index in [0.29, 0.717) is 5.56 Å². The third kappa shape index (κ3) is 4.11. The monoisotopic (exact) mass is 375 g/mol. The molecule has 1 saturated heterocycles. The zero-order valence-corrected chi connectivity index (χ0v) is 16.2. The van der Waals surface area contributed by atoms with Crippen LogP contribution in [0, 0.1) is 6.92 Å². The van der Waals surface area contributed by atoms with Gasteiger partial charge in [0, 0.05) is 36.6 Å². The number of carbonyl (C=O) groups is 1. The Labute approximate surface area is 165 Å². The maximum atomic E-state index is 13.0. The number of carbonyl (C=O) groups excluding carboxylic acids is 1. The van der Waals surface area contributed by atoms with Gasteiger partial charge in [0.2, 0.25) is 0 Å². The number of amides is 1. The maximum Gasteiger partial charge on any atom is 0.255 e. The molecule has 3 aromatic rings. The summed E-state index contributed by atoms with van der Waals surface area (Å²) in [4.78, 5) is 19.3. The lowest BCUT2D eigenvalue weighted by Gasteiger charge is -2.36. The van der Waals surface area contributed by atoms with Gasteiger partial charge >= 0.3 is 0 Å². The molecule has 6 heteroatoms. The summed E-state index contributed by atoms with van der Waals surface area (Å²) in [5.74, 6) is 0.0840. The average Bonchev–Trinajstić information content (AvgIpc) is 3.22. The van der Waals surface area contributed by atoms with Crippen LogP contribution < -0.4 is 0 Å². The molecule has 28 heavy (non-hydrogen) atoms. The molecule has 1 unspecified atom stereocenters. The molecule has 0 N–H and O–H groups in total. The lowest BCUT2D eigenvalue weighted by atomic mass is 9.98. The van der Waals surface area contributed by atoms with Crippen LogP contribution in [0.5, 0.6) is 0 Å². The number of benzene rings is 1. The number of nitrogens with zero attached hydrogens (tertiary/aromatic N) is 5. The van der Waals surface area contributed by atoms with Gasteiger partial charge in [-0.15, -0.1) is 5.10 Å². The van der Waals surface area contributed by atoms with E-state index in [1.54, 1.807) is 6.20 Å². The highest BCUT2D eigenvalue weighted by atomic mass is 16.2. The van der Waals surface area contributed by atoms with E-state index >= 15 is 0 Å². The van der Waals surface area contributed by atoms with Crippen molar-refractivity contribution in [2.45, 2.75) is 45.2 Å². The summed E-state index contributed by atoms with van der Waals surface area (Å²) >= 11 is 0. The summed E-state index contributed by atoms with van der Waals surface area (Å²) < 4.78 is 1.88. The molecule has 0 radical (unpaired) electrons. The number of rotatable bonds is 5. The first-order valence-electron chi connectivity index (χ1n) is 9.90. The second-order valence-corrected chi connectivity index (χ2v) is 7.36. The molecule has 1 atom stereocenters. The highest BCUT2D eigenvalue weighted by Crippen LogP contribution is 2.23. The number of piperidine rings is 1.